The first-order valence-electron chi connectivity index (χ1n) is 7.88. The summed E-state index contributed by atoms with van der Waals surface area (Å²) in [6.45, 7) is 1.81. The molecule has 2 rings (SSSR count). The summed E-state index contributed by atoms with van der Waals surface area (Å²) in [5.74, 6) is 1.22. The Kier molecular flexibility index (Phi) is 6.57. The molecule has 0 unspecified atom stereocenters. The number of ether oxygens (including phenoxy) is 1. The second-order valence-electron chi connectivity index (χ2n) is 5.70. The number of pyridine rings is 1. The lowest BCUT2D eigenvalue weighted by molar-refractivity contribution is 0.102. The van der Waals surface area contributed by atoms with Gasteiger partial charge in [-0.15, -0.1) is 0 Å². The molecule has 1 aromatic heterocycles. The van der Waals surface area contributed by atoms with Crippen molar-refractivity contribution >= 4 is 17.4 Å². The smallest absolute Gasteiger partial charge is 0.255 e. The third-order valence-corrected chi connectivity index (χ3v) is 3.44. The van der Waals surface area contributed by atoms with E-state index in [4.69, 9.17) is 4.74 Å². The van der Waals surface area contributed by atoms with E-state index in [1.165, 1.54) is 0 Å². The maximum Gasteiger partial charge on any atom is 0.255 e. The minimum Gasteiger partial charge on any atom is -0.497 e. The molecule has 0 spiro atoms. The van der Waals surface area contributed by atoms with Gasteiger partial charge in [0.2, 0.25) is 0 Å². The molecule has 24 heavy (non-hydrogen) atoms. The second kappa shape index (κ2) is 8.88. The summed E-state index contributed by atoms with van der Waals surface area (Å²) in [6.07, 6.45) is 2.64. The summed E-state index contributed by atoms with van der Waals surface area (Å²) in [7, 11) is 5.68. The van der Waals surface area contributed by atoms with E-state index in [0.717, 1.165) is 19.5 Å². The molecule has 2 N–H and O–H groups in total. The molecule has 0 aliphatic rings. The van der Waals surface area contributed by atoms with Gasteiger partial charge in [-0.2, -0.15) is 0 Å². The number of benzene rings is 1. The van der Waals surface area contributed by atoms with Crippen molar-refractivity contribution in [3.05, 3.63) is 48.2 Å². The zero-order valence-electron chi connectivity index (χ0n) is 14.4. The first-order valence-corrected chi connectivity index (χ1v) is 7.88. The maximum atomic E-state index is 12.4. The Labute approximate surface area is 142 Å². The minimum absolute atomic E-state index is 0.179. The monoisotopic (exact) mass is 328 g/mol. The van der Waals surface area contributed by atoms with Crippen LogP contribution in [-0.2, 0) is 0 Å². The zero-order valence-corrected chi connectivity index (χ0v) is 14.4. The van der Waals surface area contributed by atoms with Crippen molar-refractivity contribution in [2.75, 3.05) is 44.9 Å². The summed E-state index contributed by atoms with van der Waals surface area (Å²) >= 11 is 0. The fraction of sp³-hybridized carbons (Fsp3) is 0.333. The number of anilines is 2. The van der Waals surface area contributed by atoms with Crippen molar-refractivity contribution in [2.45, 2.75) is 6.42 Å². The van der Waals surface area contributed by atoms with Crippen LogP contribution in [0.3, 0.4) is 0 Å². The minimum atomic E-state index is -0.179. The first-order chi connectivity index (χ1) is 11.6. The Balaban J connectivity index is 1.95. The second-order valence-corrected chi connectivity index (χ2v) is 5.70. The third kappa shape index (κ3) is 5.55. The van der Waals surface area contributed by atoms with Crippen LogP contribution in [0.1, 0.15) is 16.8 Å². The molecule has 0 saturated heterocycles. The molecule has 0 aliphatic heterocycles. The number of nitrogens with one attached hydrogen (secondary N) is 2. The lowest BCUT2D eigenvalue weighted by atomic mass is 10.2. The van der Waals surface area contributed by atoms with E-state index in [1.54, 1.807) is 31.5 Å². The van der Waals surface area contributed by atoms with Gasteiger partial charge in [-0.1, -0.05) is 6.07 Å². The van der Waals surface area contributed by atoms with Gasteiger partial charge in [-0.3, -0.25) is 4.79 Å². The molecule has 2 aromatic rings. The molecular formula is C18H24N4O2. The van der Waals surface area contributed by atoms with Crippen molar-refractivity contribution in [2.24, 2.45) is 0 Å². The van der Waals surface area contributed by atoms with Crippen molar-refractivity contribution in [3.63, 3.8) is 0 Å². The van der Waals surface area contributed by atoms with Gasteiger partial charge in [0.25, 0.3) is 5.91 Å². The fourth-order valence-corrected chi connectivity index (χ4v) is 2.18. The number of hydrogen-bond donors (Lipinski definition) is 2. The number of aromatic nitrogens is 1. The highest BCUT2D eigenvalue weighted by Crippen LogP contribution is 2.18. The SMILES string of the molecule is COc1cccc(NC(=O)c2ccnc(NCCCN(C)C)c2)c1. The van der Waals surface area contributed by atoms with Crippen molar-refractivity contribution in [1.29, 1.82) is 0 Å². The lowest BCUT2D eigenvalue weighted by Gasteiger charge is -2.11. The average Bonchev–Trinajstić information content (AvgIpc) is 2.59. The normalized spacial score (nSPS) is 10.5. The van der Waals surface area contributed by atoms with Crippen LogP contribution in [0.2, 0.25) is 0 Å². The predicted octanol–water partition coefficient (Wildman–Crippen LogP) is 2.71. The molecular weight excluding hydrogens is 304 g/mol. The standard InChI is InChI=1S/C18H24N4O2/c1-22(2)11-5-9-19-17-12-14(8-10-20-17)18(23)21-15-6-4-7-16(13-15)24-3/h4,6-8,10,12-13H,5,9,11H2,1-3H3,(H,19,20)(H,21,23). The molecule has 6 heteroatoms. The van der Waals surface area contributed by atoms with Gasteiger partial charge < -0.3 is 20.3 Å². The van der Waals surface area contributed by atoms with E-state index < -0.39 is 0 Å². The van der Waals surface area contributed by atoms with Crippen LogP contribution in [0.5, 0.6) is 5.75 Å². The number of rotatable bonds is 8. The van der Waals surface area contributed by atoms with Gasteiger partial charge >= 0.3 is 0 Å². The number of carbonyl (C=O) groups excluding carboxylic acids is 1. The quantitative estimate of drug-likeness (QED) is 0.729. The summed E-state index contributed by atoms with van der Waals surface area (Å²) in [4.78, 5) is 18.8. The third-order valence-electron chi connectivity index (χ3n) is 3.44. The van der Waals surface area contributed by atoms with E-state index in [9.17, 15) is 4.79 Å². The summed E-state index contributed by atoms with van der Waals surface area (Å²) in [6, 6.07) is 10.7. The van der Waals surface area contributed by atoms with Crippen LogP contribution in [0.4, 0.5) is 11.5 Å². The number of carbonyl (C=O) groups is 1. The largest absolute Gasteiger partial charge is 0.497 e. The van der Waals surface area contributed by atoms with Gasteiger partial charge in [0.1, 0.15) is 11.6 Å². The molecule has 0 atom stereocenters. The van der Waals surface area contributed by atoms with E-state index in [0.29, 0.717) is 22.8 Å². The van der Waals surface area contributed by atoms with E-state index in [2.05, 4.69) is 20.5 Å². The number of methoxy groups -OCH3 is 1. The van der Waals surface area contributed by atoms with E-state index in [1.807, 2.05) is 32.3 Å². The molecule has 1 heterocycles. The fourth-order valence-electron chi connectivity index (χ4n) is 2.18. The van der Waals surface area contributed by atoms with Crippen LogP contribution in [0.15, 0.2) is 42.6 Å². The lowest BCUT2D eigenvalue weighted by Crippen LogP contribution is -2.17. The van der Waals surface area contributed by atoms with Crippen LogP contribution in [0.25, 0.3) is 0 Å². The Morgan fingerprint density at radius 2 is 2.08 bits per heavy atom. The highest BCUT2D eigenvalue weighted by atomic mass is 16.5. The maximum absolute atomic E-state index is 12.4. The molecule has 0 aliphatic carbocycles. The molecule has 1 amide bonds. The van der Waals surface area contributed by atoms with Crippen LogP contribution in [0, 0.1) is 0 Å². The molecule has 0 saturated carbocycles. The van der Waals surface area contributed by atoms with E-state index in [-0.39, 0.29) is 5.91 Å². The average molecular weight is 328 g/mol. The Bertz CT molecular complexity index is 674. The van der Waals surface area contributed by atoms with Gasteiger partial charge in [0.05, 0.1) is 7.11 Å². The molecule has 1 aromatic carbocycles. The molecule has 0 radical (unpaired) electrons. The highest BCUT2D eigenvalue weighted by molar-refractivity contribution is 6.04. The highest BCUT2D eigenvalue weighted by Gasteiger charge is 2.08. The predicted molar refractivity (Wildman–Crippen MR) is 96.8 cm³/mol. The molecule has 0 bridgehead atoms. The number of hydrogen-bond acceptors (Lipinski definition) is 5. The number of nitrogens with zero attached hydrogens (tertiary/aromatic N) is 2. The topological polar surface area (TPSA) is 66.5 Å². The molecule has 6 nitrogen and oxygen atoms in total. The molecule has 0 fully saturated rings. The van der Waals surface area contributed by atoms with Crippen molar-refractivity contribution < 1.29 is 9.53 Å². The first kappa shape index (κ1) is 17.7. The summed E-state index contributed by atoms with van der Waals surface area (Å²) < 4.78 is 5.16. The van der Waals surface area contributed by atoms with Crippen molar-refractivity contribution in [3.8, 4) is 5.75 Å². The Hall–Kier alpha value is -2.60. The van der Waals surface area contributed by atoms with Gasteiger partial charge in [0, 0.05) is 30.1 Å². The van der Waals surface area contributed by atoms with Gasteiger partial charge in [0.15, 0.2) is 0 Å². The van der Waals surface area contributed by atoms with Crippen molar-refractivity contribution in [1.82, 2.24) is 9.88 Å². The van der Waals surface area contributed by atoms with Gasteiger partial charge in [-0.25, -0.2) is 4.98 Å². The zero-order chi connectivity index (χ0) is 17.4. The van der Waals surface area contributed by atoms with E-state index >= 15 is 0 Å². The number of amides is 1. The molecule has 128 valence electrons. The Morgan fingerprint density at radius 1 is 1.25 bits per heavy atom. The van der Waals surface area contributed by atoms with Crippen LogP contribution in [-0.4, -0.2) is 50.1 Å². The van der Waals surface area contributed by atoms with Crippen LogP contribution < -0.4 is 15.4 Å². The van der Waals surface area contributed by atoms with Gasteiger partial charge in [-0.05, 0) is 51.3 Å². The summed E-state index contributed by atoms with van der Waals surface area (Å²) in [5.41, 5.74) is 1.25. The van der Waals surface area contributed by atoms with Crippen LogP contribution >= 0.6 is 0 Å². The summed E-state index contributed by atoms with van der Waals surface area (Å²) in [5, 5.41) is 6.10. The Morgan fingerprint density at radius 3 is 2.83 bits per heavy atom.